The molecule has 204 valence electrons. The second-order valence-corrected chi connectivity index (χ2v) is 10.9. The normalized spacial score (nSPS) is 28.5. The van der Waals surface area contributed by atoms with E-state index < -0.39 is 41.0 Å². The lowest BCUT2D eigenvalue weighted by Gasteiger charge is -2.41. The average Bonchev–Trinajstić information content (AvgIpc) is 3.21. The minimum atomic E-state index is -1.24. The number of allylic oxidation sites excluding steroid dienone is 1. The van der Waals surface area contributed by atoms with Crippen molar-refractivity contribution in [1.29, 1.82) is 0 Å². The molecule has 5 atom stereocenters. The van der Waals surface area contributed by atoms with Crippen LogP contribution in [-0.2, 0) is 29.2 Å². The molecule has 9 nitrogen and oxygen atoms in total. The highest BCUT2D eigenvalue weighted by atomic mass is 16.6. The van der Waals surface area contributed by atoms with Crippen LogP contribution in [0.15, 0.2) is 60.7 Å². The van der Waals surface area contributed by atoms with Gasteiger partial charge in [0.25, 0.3) is 0 Å². The van der Waals surface area contributed by atoms with Crippen molar-refractivity contribution in [2.24, 2.45) is 17.8 Å². The number of methoxy groups -OCH3 is 1. The van der Waals surface area contributed by atoms with Crippen LogP contribution in [0.4, 0.5) is 10.5 Å². The molecule has 3 aliphatic rings. The van der Waals surface area contributed by atoms with Crippen LogP contribution < -0.4 is 4.90 Å². The molecule has 1 spiro atoms. The molecule has 1 aromatic rings. The van der Waals surface area contributed by atoms with Crippen LogP contribution in [0.3, 0.4) is 0 Å². The molecule has 0 radical (unpaired) electrons. The highest BCUT2D eigenvalue weighted by molar-refractivity contribution is 6.10. The summed E-state index contributed by atoms with van der Waals surface area (Å²) in [5.74, 6) is -2.32. The number of ether oxygens (including phenoxy) is 3. The third kappa shape index (κ3) is 4.43. The number of para-hydroxylation sites is 1. The molecule has 2 bridgehead atoms. The van der Waals surface area contributed by atoms with Crippen LogP contribution in [0.5, 0.6) is 0 Å². The first-order valence-electron chi connectivity index (χ1n) is 12.7. The van der Waals surface area contributed by atoms with Crippen molar-refractivity contribution < 1.29 is 33.7 Å². The number of anilines is 1. The minimum absolute atomic E-state index is 0.0150. The third-order valence-electron chi connectivity index (χ3n) is 7.50. The molecule has 1 aliphatic heterocycles. The van der Waals surface area contributed by atoms with Crippen molar-refractivity contribution in [3.05, 3.63) is 66.3 Å². The largest absolute Gasteiger partial charge is 0.457 e. The number of nitrogens with zero attached hydrogens (tertiary/aromatic N) is 2. The smallest absolute Gasteiger partial charge is 0.410 e. The van der Waals surface area contributed by atoms with E-state index in [2.05, 4.69) is 6.58 Å². The topological polar surface area (TPSA) is 106 Å². The molecular weight excluding hydrogens is 488 g/mol. The second-order valence-electron chi connectivity index (χ2n) is 10.9. The number of esters is 1. The van der Waals surface area contributed by atoms with Crippen molar-refractivity contribution in [3.8, 4) is 0 Å². The molecule has 1 N–H and O–H groups in total. The van der Waals surface area contributed by atoms with Crippen LogP contribution in [0.1, 0.15) is 26.3 Å². The maximum absolute atomic E-state index is 14.3. The zero-order chi connectivity index (χ0) is 27.8. The number of hydrogen-bond donors (Lipinski definition) is 1. The van der Waals surface area contributed by atoms with E-state index in [9.17, 15) is 19.5 Å². The van der Waals surface area contributed by atoms with E-state index in [0.29, 0.717) is 11.3 Å². The van der Waals surface area contributed by atoms with Crippen molar-refractivity contribution in [2.75, 3.05) is 39.0 Å². The highest BCUT2D eigenvalue weighted by Crippen LogP contribution is 2.60. The van der Waals surface area contributed by atoms with Gasteiger partial charge in [0.15, 0.2) is 0 Å². The summed E-state index contributed by atoms with van der Waals surface area (Å²) >= 11 is 0. The van der Waals surface area contributed by atoms with Gasteiger partial charge >= 0.3 is 12.1 Å². The number of carbonyl (C=O) groups is 3. The first kappa shape index (κ1) is 27.6. The zero-order valence-electron chi connectivity index (χ0n) is 22.5. The number of carbonyl (C=O) groups excluding carboxylic acids is 3. The van der Waals surface area contributed by atoms with Gasteiger partial charge in [-0.15, -0.1) is 0 Å². The second kappa shape index (κ2) is 10.4. The van der Waals surface area contributed by atoms with Gasteiger partial charge in [0, 0.05) is 50.6 Å². The van der Waals surface area contributed by atoms with Gasteiger partial charge in [-0.3, -0.25) is 9.69 Å². The fourth-order valence-corrected chi connectivity index (χ4v) is 6.22. The van der Waals surface area contributed by atoms with Crippen molar-refractivity contribution in [3.63, 3.8) is 0 Å². The number of rotatable bonds is 7. The van der Waals surface area contributed by atoms with Crippen molar-refractivity contribution in [1.82, 2.24) is 4.90 Å². The number of benzene rings is 1. The van der Waals surface area contributed by atoms with Gasteiger partial charge in [0.1, 0.15) is 24.4 Å². The third-order valence-corrected chi connectivity index (χ3v) is 7.50. The molecule has 2 amide bonds. The number of aliphatic hydroxyl groups excluding tert-OH is 1. The van der Waals surface area contributed by atoms with Gasteiger partial charge in [-0.2, -0.15) is 0 Å². The minimum Gasteiger partial charge on any atom is -0.457 e. The average molecular weight is 525 g/mol. The fourth-order valence-electron chi connectivity index (χ4n) is 6.22. The summed E-state index contributed by atoms with van der Waals surface area (Å²) in [5.41, 5.74) is 0.120. The molecule has 9 heteroatoms. The Kier molecular flexibility index (Phi) is 7.54. The molecule has 2 aliphatic carbocycles. The molecule has 0 aromatic heterocycles. The Labute approximate surface area is 223 Å². The molecular formula is C29H36N2O7. The molecule has 1 aromatic carbocycles. The summed E-state index contributed by atoms with van der Waals surface area (Å²) in [7, 11) is 3.11. The summed E-state index contributed by atoms with van der Waals surface area (Å²) in [5, 5.41) is 10.6. The molecule has 4 rings (SSSR count). The maximum atomic E-state index is 14.3. The summed E-state index contributed by atoms with van der Waals surface area (Å²) in [6.45, 7) is 8.72. The Morgan fingerprint density at radius 2 is 1.97 bits per heavy atom. The number of fused-ring (bicyclic) bond motifs is 5. The Balaban J connectivity index is 1.93. The Hall–Kier alpha value is -3.43. The first-order chi connectivity index (χ1) is 18.0. The van der Waals surface area contributed by atoms with Crippen LogP contribution >= 0.6 is 0 Å². The van der Waals surface area contributed by atoms with Crippen LogP contribution in [-0.4, -0.2) is 73.7 Å². The van der Waals surface area contributed by atoms with Gasteiger partial charge in [0.2, 0.25) is 5.91 Å². The monoisotopic (exact) mass is 524 g/mol. The van der Waals surface area contributed by atoms with E-state index in [1.165, 1.54) is 24.2 Å². The summed E-state index contributed by atoms with van der Waals surface area (Å²) in [6.07, 6.45) is 6.05. The van der Waals surface area contributed by atoms with Gasteiger partial charge < -0.3 is 24.2 Å². The number of hydrogen-bond acceptors (Lipinski definition) is 7. The van der Waals surface area contributed by atoms with Crippen LogP contribution in [0, 0.1) is 17.8 Å². The standard InChI is InChI=1S/C29H36N2O7/c1-7-14-37-27(35)30(5)25-20(16-32)18-12-13-29(24(25)19(18)15-23(33)38-28(2,3)4)21-10-8-9-11-22(21)31(17-36-6)26(29)34/h7-13,15,18,20,24-25,32H,1,14,16-17H2,2-6H3/t18-,20-,24+,25+,29+/m0/s1. The predicted octanol–water partition coefficient (Wildman–Crippen LogP) is 3.19. The molecule has 1 fully saturated rings. The molecule has 0 saturated heterocycles. The fraction of sp³-hybridized carbons (Fsp3) is 0.483. The van der Waals surface area contributed by atoms with Gasteiger partial charge in [-0.1, -0.05) is 43.0 Å². The molecule has 38 heavy (non-hydrogen) atoms. The Morgan fingerprint density at radius 1 is 1.26 bits per heavy atom. The SMILES string of the molecule is C=CCOC(=O)N(C)[C@@H]1[C@@H](CO)[C@H]2C=C[C@]3(C(=O)N(COC)c4ccccc43)[C@@H]1C2=CC(=O)OC(C)(C)C. The maximum Gasteiger partial charge on any atom is 0.410 e. The van der Waals surface area contributed by atoms with Gasteiger partial charge in [0.05, 0.1) is 5.69 Å². The number of amides is 2. The summed E-state index contributed by atoms with van der Waals surface area (Å²) < 4.78 is 16.3. The first-order valence-corrected chi connectivity index (χ1v) is 12.7. The quantitative estimate of drug-likeness (QED) is 0.332. The van der Waals surface area contributed by atoms with E-state index in [1.54, 1.807) is 32.7 Å². The van der Waals surface area contributed by atoms with Crippen molar-refractivity contribution >= 4 is 23.7 Å². The van der Waals surface area contributed by atoms with E-state index in [-0.39, 0.29) is 31.8 Å². The lowest BCUT2D eigenvalue weighted by molar-refractivity contribution is -0.148. The zero-order valence-corrected chi connectivity index (χ0v) is 22.5. The van der Waals surface area contributed by atoms with Crippen LogP contribution in [0.2, 0.25) is 0 Å². The van der Waals surface area contributed by atoms with Gasteiger partial charge in [-0.25, -0.2) is 9.59 Å². The molecule has 0 unspecified atom stereocenters. The lowest BCUT2D eigenvalue weighted by Crippen LogP contribution is -2.54. The van der Waals surface area contributed by atoms with Crippen molar-refractivity contribution in [2.45, 2.75) is 37.8 Å². The lowest BCUT2D eigenvalue weighted by atomic mass is 9.64. The van der Waals surface area contributed by atoms with E-state index >= 15 is 0 Å². The van der Waals surface area contributed by atoms with E-state index in [4.69, 9.17) is 14.2 Å². The van der Waals surface area contributed by atoms with Gasteiger partial charge in [-0.05, 0) is 38.0 Å². The molecule has 1 heterocycles. The predicted molar refractivity (Wildman–Crippen MR) is 141 cm³/mol. The number of aliphatic hydroxyl groups is 1. The Morgan fingerprint density at radius 3 is 2.61 bits per heavy atom. The van der Waals surface area contributed by atoms with E-state index in [1.807, 2.05) is 36.4 Å². The van der Waals surface area contributed by atoms with E-state index in [0.717, 1.165) is 5.56 Å². The highest BCUT2D eigenvalue weighted by Gasteiger charge is 2.65. The summed E-state index contributed by atoms with van der Waals surface area (Å²) in [4.78, 5) is 43.5. The molecule has 1 saturated carbocycles. The summed E-state index contributed by atoms with van der Waals surface area (Å²) in [6, 6.07) is 6.79. The van der Waals surface area contributed by atoms with Crippen LogP contribution in [0.25, 0.3) is 0 Å². The Bertz CT molecular complexity index is 1180.